The summed E-state index contributed by atoms with van der Waals surface area (Å²) in [5, 5.41) is 21.0. The van der Waals surface area contributed by atoms with Gasteiger partial charge in [-0.1, -0.05) is 6.92 Å². The van der Waals surface area contributed by atoms with E-state index in [4.69, 9.17) is 0 Å². The summed E-state index contributed by atoms with van der Waals surface area (Å²) >= 11 is 0. The first-order chi connectivity index (χ1) is 9.52. The quantitative estimate of drug-likeness (QED) is 0.515. The standard InChI is InChI=1S/C12H13N5O3/c1-3-11-13-14-12(18)16(11)15-8(2)9-4-6-10(7-5-9)17(19)20/h4-7H,3H2,1-2H3,(H,14,18)/b15-8+. The third kappa shape index (κ3) is 2.63. The monoisotopic (exact) mass is 275 g/mol. The van der Waals surface area contributed by atoms with Gasteiger partial charge in [0.15, 0.2) is 5.82 Å². The molecule has 8 nitrogen and oxygen atoms in total. The Hall–Kier alpha value is -2.77. The van der Waals surface area contributed by atoms with Crippen LogP contribution in [0.4, 0.5) is 5.69 Å². The van der Waals surface area contributed by atoms with Crippen LogP contribution in [0.15, 0.2) is 34.2 Å². The molecule has 0 saturated carbocycles. The summed E-state index contributed by atoms with van der Waals surface area (Å²) in [7, 11) is 0. The summed E-state index contributed by atoms with van der Waals surface area (Å²) in [5.41, 5.74) is 0.864. The second-order valence-electron chi connectivity index (χ2n) is 4.10. The lowest BCUT2D eigenvalue weighted by molar-refractivity contribution is -0.384. The third-order valence-electron chi connectivity index (χ3n) is 2.78. The van der Waals surface area contributed by atoms with Gasteiger partial charge in [-0.05, 0) is 24.6 Å². The zero-order chi connectivity index (χ0) is 14.7. The highest BCUT2D eigenvalue weighted by Crippen LogP contribution is 2.12. The Morgan fingerprint density at radius 2 is 2.10 bits per heavy atom. The van der Waals surface area contributed by atoms with Gasteiger partial charge < -0.3 is 0 Å². The largest absolute Gasteiger partial charge is 0.364 e. The summed E-state index contributed by atoms with van der Waals surface area (Å²) in [6, 6.07) is 5.97. The van der Waals surface area contributed by atoms with Crippen LogP contribution in [-0.2, 0) is 6.42 Å². The summed E-state index contributed by atoms with van der Waals surface area (Å²) in [5.74, 6) is 0.524. The highest BCUT2D eigenvalue weighted by Gasteiger charge is 2.08. The van der Waals surface area contributed by atoms with Crippen LogP contribution in [0.25, 0.3) is 0 Å². The van der Waals surface area contributed by atoms with Gasteiger partial charge in [0.2, 0.25) is 0 Å². The van der Waals surface area contributed by atoms with Gasteiger partial charge in [0, 0.05) is 18.6 Å². The van der Waals surface area contributed by atoms with E-state index in [-0.39, 0.29) is 5.69 Å². The number of hydrogen-bond donors (Lipinski definition) is 1. The molecule has 0 amide bonds. The number of rotatable bonds is 4. The van der Waals surface area contributed by atoms with Gasteiger partial charge in [0.05, 0.1) is 10.6 Å². The van der Waals surface area contributed by atoms with Crippen LogP contribution in [0.1, 0.15) is 25.2 Å². The molecule has 0 atom stereocenters. The molecular formula is C12H13N5O3. The molecule has 1 heterocycles. The van der Waals surface area contributed by atoms with Gasteiger partial charge in [-0.15, -0.1) is 0 Å². The minimum Gasteiger partial charge on any atom is -0.258 e. The molecule has 1 N–H and O–H groups in total. The van der Waals surface area contributed by atoms with E-state index >= 15 is 0 Å². The van der Waals surface area contributed by atoms with Crippen LogP contribution in [0.2, 0.25) is 0 Å². The molecule has 0 fully saturated rings. The van der Waals surface area contributed by atoms with Gasteiger partial charge >= 0.3 is 5.69 Å². The number of nitrogens with one attached hydrogen (secondary N) is 1. The number of aromatic nitrogens is 3. The second-order valence-corrected chi connectivity index (χ2v) is 4.10. The highest BCUT2D eigenvalue weighted by atomic mass is 16.6. The molecule has 0 unspecified atom stereocenters. The van der Waals surface area contributed by atoms with Crippen molar-refractivity contribution >= 4 is 11.4 Å². The van der Waals surface area contributed by atoms with Crippen LogP contribution in [0.3, 0.4) is 0 Å². The number of aryl methyl sites for hydroxylation is 1. The Balaban J connectivity index is 2.37. The molecule has 0 bridgehead atoms. The molecule has 0 radical (unpaired) electrons. The first kappa shape index (κ1) is 13.7. The summed E-state index contributed by atoms with van der Waals surface area (Å²) in [6.07, 6.45) is 0.565. The minimum atomic E-state index is -0.466. The van der Waals surface area contributed by atoms with Gasteiger partial charge in [-0.3, -0.25) is 10.1 Å². The number of nitrogens with zero attached hydrogens (tertiary/aromatic N) is 4. The van der Waals surface area contributed by atoms with Gasteiger partial charge in [0.1, 0.15) is 0 Å². The fourth-order valence-electron chi connectivity index (χ4n) is 1.69. The van der Waals surface area contributed by atoms with Crippen molar-refractivity contribution in [2.45, 2.75) is 20.3 Å². The number of H-pyrrole nitrogens is 1. The Morgan fingerprint density at radius 1 is 1.45 bits per heavy atom. The van der Waals surface area contributed by atoms with Crippen molar-refractivity contribution in [2.75, 3.05) is 0 Å². The van der Waals surface area contributed by atoms with Crippen LogP contribution < -0.4 is 5.69 Å². The van der Waals surface area contributed by atoms with Gasteiger partial charge in [-0.2, -0.15) is 14.9 Å². The zero-order valence-electron chi connectivity index (χ0n) is 11.0. The third-order valence-corrected chi connectivity index (χ3v) is 2.78. The van der Waals surface area contributed by atoms with Crippen LogP contribution in [0, 0.1) is 10.1 Å². The zero-order valence-corrected chi connectivity index (χ0v) is 11.0. The molecule has 8 heteroatoms. The molecule has 1 aromatic heterocycles. The lowest BCUT2D eigenvalue weighted by atomic mass is 10.1. The van der Waals surface area contributed by atoms with Crippen molar-refractivity contribution in [3.05, 3.63) is 56.3 Å². The normalized spacial score (nSPS) is 11.6. The molecule has 2 aromatic rings. The maximum atomic E-state index is 11.6. The van der Waals surface area contributed by atoms with E-state index in [9.17, 15) is 14.9 Å². The molecule has 104 valence electrons. The van der Waals surface area contributed by atoms with Crippen molar-refractivity contribution in [3.63, 3.8) is 0 Å². The van der Waals surface area contributed by atoms with Crippen molar-refractivity contribution in [1.29, 1.82) is 0 Å². The van der Waals surface area contributed by atoms with Crippen LogP contribution in [0.5, 0.6) is 0 Å². The van der Waals surface area contributed by atoms with Crippen molar-refractivity contribution in [2.24, 2.45) is 5.10 Å². The molecular weight excluding hydrogens is 262 g/mol. The molecule has 2 rings (SSSR count). The maximum absolute atomic E-state index is 11.6. The molecule has 20 heavy (non-hydrogen) atoms. The van der Waals surface area contributed by atoms with E-state index < -0.39 is 10.6 Å². The fraction of sp³-hybridized carbons (Fsp3) is 0.250. The average molecular weight is 275 g/mol. The first-order valence-electron chi connectivity index (χ1n) is 5.99. The number of non-ortho nitro benzene ring substituents is 1. The number of benzene rings is 1. The van der Waals surface area contributed by atoms with Gasteiger partial charge in [-0.25, -0.2) is 9.89 Å². The summed E-state index contributed by atoms with van der Waals surface area (Å²) in [6.45, 7) is 3.59. The van der Waals surface area contributed by atoms with E-state index in [1.54, 1.807) is 19.1 Å². The Bertz CT molecular complexity index is 711. The Morgan fingerprint density at radius 3 is 2.65 bits per heavy atom. The number of hydrogen-bond acceptors (Lipinski definition) is 5. The molecule has 0 aliphatic rings. The SMILES string of the molecule is CCc1n[nH]c(=O)n1/N=C(\C)c1ccc([N+](=O)[O-])cc1. The fourth-order valence-corrected chi connectivity index (χ4v) is 1.69. The smallest absolute Gasteiger partial charge is 0.258 e. The predicted molar refractivity (Wildman–Crippen MR) is 72.9 cm³/mol. The second kappa shape index (κ2) is 5.47. The van der Waals surface area contributed by atoms with E-state index in [0.29, 0.717) is 23.5 Å². The lowest BCUT2D eigenvalue weighted by Crippen LogP contribution is -2.16. The number of nitro benzene ring substituents is 1. The Labute approximate surface area is 113 Å². The molecule has 1 aromatic carbocycles. The summed E-state index contributed by atoms with van der Waals surface area (Å²) in [4.78, 5) is 21.7. The Kier molecular flexibility index (Phi) is 3.74. The molecule has 0 saturated heterocycles. The van der Waals surface area contributed by atoms with Crippen LogP contribution in [-0.4, -0.2) is 25.5 Å². The van der Waals surface area contributed by atoms with Crippen molar-refractivity contribution < 1.29 is 4.92 Å². The molecule has 0 spiro atoms. The van der Waals surface area contributed by atoms with E-state index in [2.05, 4.69) is 15.3 Å². The average Bonchev–Trinajstić information content (AvgIpc) is 2.79. The van der Waals surface area contributed by atoms with Crippen LogP contribution >= 0.6 is 0 Å². The van der Waals surface area contributed by atoms with E-state index in [0.717, 1.165) is 0 Å². The predicted octanol–water partition coefficient (Wildman–Crippen LogP) is 1.31. The minimum absolute atomic E-state index is 0.0104. The number of aromatic amines is 1. The highest BCUT2D eigenvalue weighted by molar-refractivity contribution is 5.98. The lowest BCUT2D eigenvalue weighted by Gasteiger charge is -2.02. The van der Waals surface area contributed by atoms with E-state index in [1.807, 2.05) is 6.92 Å². The molecule has 0 aliphatic heterocycles. The van der Waals surface area contributed by atoms with Gasteiger partial charge in [0.25, 0.3) is 5.69 Å². The maximum Gasteiger partial charge on any atom is 0.364 e. The summed E-state index contributed by atoms with van der Waals surface area (Å²) < 4.78 is 1.19. The number of nitro groups is 1. The topological polar surface area (TPSA) is 106 Å². The first-order valence-corrected chi connectivity index (χ1v) is 5.99. The van der Waals surface area contributed by atoms with Crippen molar-refractivity contribution in [3.8, 4) is 0 Å². The molecule has 0 aliphatic carbocycles. The van der Waals surface area contributed by atoms with Crippen molar-refractivity contribution in [1.82, 2.24) is 14.9 Å². The van der Waals surface area contributed by atoms with E-state index in [1.165, 1.54) is 16.8 Å².